The number of aromatic nitrogens is 2. The molecule has 3 heteroatoms. The predicted molar refractivity (Wildman–Crippen MR) is 79.6 cm³/mol. The van der Waals surface area contributed by atoms with Crippen LogP contribution in [0.15, 0.2) is 42.5 Å². The topological polar surface area (TPSA) is 43.8 Å². The third-order valence-corrected chi connectivity index (χ3v) is 3.45. The molecule has 0 amide bonds. The summed E-state index contributed by atoms with van der Waals surface area (Å²) in [6.07, 6.45) is 0.973. The Labute approximate surface area is 112 Å². The third kappa shape index (κ3) is 1.87. The molecule has 0 bridgehead atoms. The Kier molecular flexibility index (Phi) is 2.75. The maximum atomic E-state index is 6.11. The standard InChI is InChI=1S/C16H17N3/c1-3-12-6-4-5-7-14(12)19-15-10-11(2)8-9-13(15)18-16(19)17/h4-10H,3H2,1-2H3,(H2,17,18). The first-order valence-electron chi connectivity index (χ1n) is 6.53. The van der Waals surface area contributed by atoms with Gasteiger partial charge in [-0.1, -0.05) is 31.2 Å². The number of hydrogen-bond donors (Lipinski definition) is 1. The molecule has 3 rings (SSSR count). The van der Waals surface area contributed by atoms with Gasteiger partial charge in [-0.3, -0.25) is 4.57 Å². The van der Waals surface area contributed by atoms with Crippen molar-refractivity contribution in [3.8, 4) is 5.69 Å². The molecule has 0 atom stereocenters. The van der Waals surface area contributed by atoms with Gasteiger partial charge in [0.15, 0.2) is 0 Å². The van der Waals surface area contributed by atoms with Gasteiger partial charge in [-0.05, 0) is 42.7 Å². The number of hydrogen-bond acceptors (Lipinski definition) is 2. The molecule has 96 valence electrons. The maximum absolute atomic E-state index is 6.11. The molecule has 2 aromatic carbocycles. The Morgan fingerprint density at radius 1 is 1.16 bits per heavy atom. The lowest BCUT2D eigenvalue weighted by atomic mass is 10.1. The number of fused-ring (bicyclic) bond motifs is 1. The number of anilines is 1. The molecule has 0 fully saturated rings. The second-order valence-electron chi connectivity index (χ2n) is 4.78. The summed E-state index contributed by atoms with van der Waals surface area (Å²) in [5.74, 6) is 0.543. The SMILES string of the molecule is CCc1ccccc1-n1c(N)nc2ccc(C)cc21. The van der Waals surface area contributed by atoms with E-state index in [-0.39, 0.29) is 0 Å². The largest absolute Gasteiger partial charge is 0.369 e. The van der Waals surface area contributed by atoms with Gasteiger partial charge in [0, 0.05) is 0 Å². The summed E-state index contributed by atoms with van der Waals surface area (Å²) >= 11 is 0. The summed E-state index contributed by atoms with van der Waals surface area (Å²) < 4.78 is 2.04. The Morgan fingerprint density at radius 3 is 2.74 bits per heavy atom. The van der Waals surface area contributed by atoms with Crippen LogP contribution in [0.25, 0.3) is 16.7 Å². The molecule has 0 saturated carbocycles. The number of rotatable bonds is 2. The predicted octanol–water partition coefficient (Wildman–Crippen LogP) is 3.48. The van der Waals surface area contributed by atoms with E-state index in [1.165, 1.54) is 11.1 Å². The van der Waals surface area contributed by atoms with Crippen molar-refractivity contribution in [2.45, 2.75) is 20.3 Å². The van der Waals surface area contributed by atoms with E-state index in [0.717, 1.165) is 23.1 Å². The fraction of sp³-hybridized carbons (Fsp3) is 0.188. The van der Waals surface area contributed by atoms with Gasteiger partial charge in [-0.15, -0.1) is 0 Å². The maximum Gasteiger partial charge on any atom is 0.205 e. The van der Waals surface area contributed by atoms with Crippen molar-refractivity contribution >= 4 is 17.0 Å². The highest BCUT2D eigenvalue weighted by molar-refractivity contribution is 5.81. The molecule has 0 unspecified atom stereocenters. The van der Waals surface area contributed by atoms with Crippen molar-refractivity contribution in [3.63, 3.8) is 0 Å². The average molecular weight is 251 g/mol. The minimum atomic E-state index is 0.543. The van der Waals surface area contributed by atoms with Crippen LogP contribution in [0.3, 0.4) is 0 Å². The molecule has 0 saturated heterocycles. The molecule has 2 N–H and O–H groups in total. The molecule has 0 aliphatic heterocycles. The van der Waals surface area contributed by atoms with Gasteiger partial charge >= 0.3 is 0 Å². The van der Waals surface area contributed by atoms with E-state index in [9.17, 15) is 0 Å². The van der Waals surface area contributed by atoms with E-state index in [1.54, 1.807) is 0 Å². The molecule has 3 aromatic rings. The Balaban J connectivity index is 2.35. The van der Waals surface area contributed by atoms with E-state index < -0.39 is 0 Å². The number of aryl methyl sites for hydroxylation is 2. The lowest BCUT2D eigenvalue weighted by molar-refractivity contribution is 1.04. The van der Waals surface area contributed by atoms with E-state index in [4.69, 9.17) is 5.73 Å². The Bertz CT molecular complexity index is 741. The number of benzene rings is 2. The van der Waals surface area contributed by atoms with Crippen LogP contribution in [-0.2, 0) is 6.42 Å². The average Bonchev–Trinajstić information content (AvgIpc) is 2.74. The second-order valence-corrected chi connectivity index (χ2v) is 4.78. The number of nitrogens with zero attached hydrogens (tertiary/aromatic N) is 2. The number of nitrogens with two attached hydrogens (primary N) is 1. The van der Waals surface area contributed by atoms with Gasteiger partial charge in [-0.25, -0.2) is 4.98 Å². The van der Waals surface area contributed by atoms with Gasteiger partial charge in [0.25, 0.3) is 0 Å². The van der Waals surface area contributed by atoms with Crippen LogP contribution in [0.4, 0.5) is 5.95 Å². The van der Waals surface area contributed by atoms with Crippen molar-refractivity contribution in [3.05, 3.63) is 53.6 Å². The summed E-state index contributed by atoms with van der Waals surface area (Å²) in [5, 5.41) is 0. The first-order chi connectivity index (χ1) is 9.20. The highest BCUT2D eigenvalue weighted by Crippen LogP contribution is 2.26. The van der Waals surface area contributed by atoms with Crippen molar-refractivity contribution < 1.29 is 0 Å². The number of imidazole rings is 1. The van der Waals surface area contributed by atoms with Gasteiger partial charge in [-0.2, -0.15) is 0 Å². The molecule has 1 aromatic heterocycles. The summed E-state index contributed by atoms with van der Waals surface area (Å²) in [6, 6.07) is 14.5. The number of nitrogen functional groups attached to an aromatic ring is 1. The molecule has 1 heterocycles. The van der Waals surface area contributed by atoms with Crippen molar-refractivity contribution in [2.75, 3.05) is 5.73 Å². The molecule has 0 spiro atoms. The van der Waals surface area contributed by atoms with Crippen molar-refractivity contribution in [1.82, 2.24) is 9.55 Å². The molecule has 19 heavy (non-hydrogen) atoms. The van der Waals surface area contributed by atoms with Gasteiger partial charge in [0.2, 0.25) is 5.95 Å². The van der Waals surface area contributed by atoms with Gasteiger partial charge in [0.1, 0.15) is 0 Å². The zero-order chi connectivity index (χ0) is 13.4. The summed E-state index contributed by atoms with van der Waals surface area (Å²) in [7, 11) is 0. The smallest absolute Gasteiger partial charge is 0.205 e. The fourth-order valence-electron chi connectivity index (χ4n) is 2.49. The van der Waals surface area contributed by atoms with Crippen LogP contribution in [0.5, 0.6) is 0 Å². The first kappa shape index (κ1) is 11.8. The highest BCUT2D eigenvalue weighted by Gasteiger charge is 2.12. The van der Waals surface area contributed by atoms with Crippen molar-refractivity contribution in [1.29, 1.82) is 0 Å². The zero-order valence-corrected chi connectivity index (χ0v) is 11.2. The van der Waals surface area contributed by atoms with Crippen LogP contribution in [0.1, 0.15) is 18.1 Å². The summed E-state index contributed by atoms with van der Waals surface area (Å²) in [5.41, 5.74) is 11.7. The van der Waals surface area contributed by atoms with Crippen LogP contribution in [0.2, 0.25) is 0 Å². The minimum absolute atomic E-state index is 0.543. The molecule has 3 nitrogen and oxygen atoms in total. The van der Waals surface area contributed by atoms with Gasteiger partial charge < -0.3 is 5.73 Å². The van der Waals surface area contributed by atoms with Gasteiger partial charge in [0.05, 0.1) is 16.7 Å². The molecule has 0 aliphatic carbocycles. The molecular formula is C16H17N3. The Hall–Kier alpha value is -2.29. The minimum Gasteiger partial charge on any atom is -0.369 e. The molecular weight excluding hydrogens is 234 g/mol. The van der Waals surface area contributed by atoms with Crippen molar-refractivity contribution in [2.24, 2.45) is 0 Å². The summed E-state index contributed by atoms with van der Waals surface area (Å²) in [4.78, 5) is 4.45. The van der Waals surface area contributed by atoms with Crippen LogP contribution in [-0.4, -0.2) is 9.55 Å². The lowest BCUT2D eigenvalue weighted by Gasteiger charge is -2.11. The van der Waals surface area contributed by atoms with E-state index in [2.05, 4.69) is 49.2 Å². The van der Waals surface area contributed by atoms with E-state index in [1.807, 2.05) is 16.7 Å². The van der Waals surface area contributed by atoms with E-state index in [0.29, 0.717) is 5.95 Å². The second kappa shape index (κ2) is 4.43. The zero-order valence-electron chi connectivity index (χ0n) is 11.2. The fourth-order valence-corrected chi connectivity index (χ4v) is 2.49. The molecule has 0 radical (unpaired) electrons. The Morgan fingerprint density at radius 2 is 1.95 bits per heavy atom. The van der Waals surface area contributed by atoms with E-state index >= 15 is 0 Å². The highest BCUT2D eigenvalue weighted by atomic mass is 15.2. The molecule has 0 aliphatic rings. The number of para-hydroxylation sites is 1. The normalized spacial score (nSPS) is 11.1. The quantitative estimate of drug-likeness (QED) is 0.757. The van der Waals surface area contributed by atoms with Crippen LogP contribution >= 0.6 is 0 Å². The lowest BCUT2D eigenvalue weighted by Crippen LogP contribution is -2.03. The first-order valence-corrected chi connectivity index (χ1v) is 6.53. The van der Waals surface area contributed by atoms with Crippen LogP contribution in [0, 0.1) is 6.92 Å². The monoisotopic (exact) mass is 251 g/mol. The third-order valence-electron chi connectivity index (χ3n) is 3.45. The summed E-state index contributed by atoms with van der Waals surface area (Å²) in [6.45, 7) is 4.23. The van der Waals surface area contributed by atoms with Crippen LogP contribution < -0.4 is 5.73 Å².